The highest BCUT2D eigenvalue weighted by Gasteiger charge is 2.33. The number of aromatic nitrogens is 1. The van der Waals surface area contributed by atoms with Crippen molar-refractivity contribution in [3.63, 3.8) is 0 Å². The van der Waals surface area contributed by atoms with Crippen molar-refractivity contribution in [2.24, 2.45) is 5.92 Å². The second-order valence-corrected chi connectivity index (χ2v) is 7.91. The Kier molecular flexibility index (Phi) is 5.74. The number of fused-ring (bicyclic) bond motifs is 2. The summed E-state index contributed by atoms with van der Waals surface area (Å²) in [4.78, 5) is 19.6. The van der Waals surface area contributed by atoms with E-state index in [1.807, 2.05) is 51.2 Å². The van der Waals surface area contributed by atoms with Gasteiger partial charge < -0.3 is 24.5 Å². The van der Waals surface area contributed by atoms with E-state index in [2.05, 4.69) is 10.3 Å². The Hall–Kier alpha value is -2.90. The summed E-state index contributed by atoms with van der Waals surface area (Å²) < 4.78 is 12.1. The molecule has 0 unspecified atom stereocenters. The zero-order valence-corrected chi connectivity index (χ0v) is 17.5. The summed E-state index contributed by atoms with van der Waals surface area (Å²) in [5.41, 5.74) is 1.86. The highest BCUT2D eigenvalue weighted by atomic mass is 16.5. The average molecular weight is 409 g/mol. The van der Waals surface area contributed by atoms with E-state index in [9.17, 15) is 9.90 Å². The highest BCUT2D eigenvalue weighted by Crippen LogP contribution is 2.32. The van der Waals surface area contributed by atoms with Gasteiger partial charge in [0.1, 0.15) is 23.0 Å². The van der Waals surface area contributed by atoms with Crippen LogP contribution in [-0.4, -0.2) is 59.8 Å². The molecule has 158 valence electrons. The Morgan fingerprint density at radius 1 is 1.33 bits per heavy atom. The summed E-state index contributed by atoms with van der Waals surface area (Å²) >= 11 is 0. The van der Waals surface area contributed by atoms with Crippen LogP contribution < -0.4 is 10.1 Å². The van der Waals surface area contributed by atoms with Gasteiger partial charge in [-0.2, -0.15) is 0 Å². The number of hydrogen-bond donors (Lipinski definition) is 2. The fourth-order valence-corrected chi connectivity index (χ4v) is 3.81. The number of para-hydroxylation sites is 1. The molecule has 0 saturated heterocycles. The van der Waals surface area contributed by atoms with Crippen LogP contribution in [0.1, 0.15) is 24.2 Å². The number of rotatable bonds is 5. The number of benzene rings is 1. The molecule has 7 heteroatoms. The van der Waals surface area contributed by atoms with Crippen molar-refractivity contribution in [1.82, 2.24) is 15.2 Å². The largest absolute Gasteiger partial charge is 0.472 e. The van der Waals surface area contributed by atoms with Gasteiger partial charge in [0, 0.05) is 36.2 Å². The predicted molar refractivity (Wildman–Crippen MR) is 115 cm³/mol. The first kappa shape index (κ1) is 20.4. The lowest BCUT2D eigenvalue weighted by molar-refractivity contribution is 0.0404. The third-order valence-electron chi connectivity index (χ3n) is 5.64. The summed E-state index contributed by atoms with van der Waals surface area (Å²) in [7, 11) is 1.87. The summed E-state index contributed by atoms with van der Waals surface area (Å²) in [6.45, 7) is 4.89. The molecule has 2 aromatic heterocycles. The molecular formula is C23H27N3O4. The molecule has 3 aromatic rings. The minimum Gasteiger partial charge on any atom is -0.472 e. The van der Waals surface area contributed by atoms with E-state index in [4.69, 9.17) is 9.15 Å². The van der Waals surface area contributed by atoms with E-state index in [0.717, 1.165) is 11.0 Å². The van der Waals surface area contributed by atoms with E-state index in [-0.39, 0.29) is 30.6 Å². The van der Waals surface area contributed by atoms with E-state index >= 15 is 0 Å². The number of aliphatic hydroxyl groups excluding tert-OH is 1. The number of aliphatic hydroxyl groups is 1. The molecule has 0 radical (unpaired) electrons. The molecule has 0 aliphatic carbocycles. The SMILES string of the molecule is CNC[C@@H]1Oc2ncc(-c3cc4ccccc4o3)cc2C(=O)N([C@H](C)CO)C[C@@H]1C. The predicted octanol–water partition coefficient (Wildman–Crippen LogP) is 2.93. The Morgan fingerprint density at radius 2 is 2.13 bits per heavy atom. The monoisotopic (exact) mass is 409 g/mol. The van der Waals surface area contributed by atoms with Crippen LogP contribution in [0.2, 0.25) is 0 Å². The van der Waals surface area contributed by atoms with Gasteiger partial charge in [0.25, 0.3) is 5.91 Å². The minimum atomic E-state index is -0.309. The normalized spacial score (nSPS) is 20.4. The van der Waals surface area contributed by atoms with Crippen LogP contribution in [0.3, 0.4) is 0 Å². The lowest BCUT2D eigenvalue weighted by atomic mass is 10.00. The topological polar surface area (TPSA) is 87.8 Å². The molecule has 1 aliphatic heterocycles. The van der Waals surface area contributed by atoms with Crippen LogP contribution in [0.25, 0.3) is 22.3 Å². The number of carbonyl (C=O) groups is 1. The van der Waals surface area contributed by atoms with Crippen LogP contribution in [-0.2, 0) is 0 Å². The van der Waals surface area contributed by atoms with Gasteiger partial charge in [-0.1, -0.05) is 25.1 Å². The van der Waals surface area contributed by atoms with Crippen molar-refractivity contribution in [2.45, 2.75) is 26.0 Å². The first-order chi connectivity index (χ1) is 14.5. The Morgan fingerprint density at radius 3 is 2.87 bits per heavy atom. The number of furan rings is 1. The van der Waals surface area contributed by atoms with Crippen LogP contribution in [0, 0.1) is 5.92 Å². The molecule has 0 spiro atoms. The molecule has 30 heavy (non-hydrogen) atoms. The molecule has 2 N–H and O–H groups in total. The van der Waals surface area contributed by atoms with Crippen molar-refractivity contribution in [3.8, 4) is 17.2 Å². The molecule has 1 aromatic carbocycles. The average Bonchev–Trinajstić information content (AvgIpc) is 3.19. The number of nitrogens with zero attached hydrogens (tertiary/aromatic N) is 2. The number of hydrogen-bond acceptors (Lipinski definition) is 6. The van der Waals surface area contributed by atoms with Crippen LogP contribution in [0.5, 0.6) is 5.88 Å². The molecule has 1 amide bonds. The van der Waals surface area contributed by atoms with E-state index < -0.39 is 0 Å². The number of amides is 1. The van der Waals surface area contributed by atoms with Crippen LogP contribution >= 0.6 is 0 Å². The fraction of sp³-hybridized carbons (Fsp3) is 0.391. The van der Waals surface area contributed by atoms with E-state index in [1.165, 1.54) is 0 Å². The van der Waals surface area contributed by atoms with Gasteiger partial charge in [-0.15, -0.1) is 0 Å². The van der Waals surface area contributed by atoms with Gasteiger partial charge in [0.2, 0.25) is 5.88 Å². The first-order valence-corrected chi connectivity index (χ1v) is 10.2. The zero-order chi connectivity index (χ0) is 21.3. The molecule has 3 heterocycles. The third-order valence-corrected chi connectivity index (χ3v) is 5.64. The van der Waals surface area contributed by atoms with Gasteiger partial charge in [-0.25, -0.2) is 4.98 Å². The molecule has 0 fully saturated rings. The molecular weight excluding hydrogens is 382 g/mol. The number of nitrogens with one attached hydrogen (secondary N) is 1. The van der Waals surface area contributed by atoms with E-state index in [0.29, 0.717) is 35.9 Å². The lowest BCUT2D eigenvalue weighted by Gasteiger charge is -2.36. The van der Waals surface area contributed by atoms with Gasteiger partial charge in [-0.3, -0.25) is 4.79 Å². The number of carbonyl (C=O) groups excluding carboxylic acids is 1. The Labute approximate surface area is 175 Å². The van der Waals surface area contributed by atoms with Gasteiger partial charge in [0.05, 0.1) is 12.6 Å². The minimum absolute atomic E-state index is 0.0698. The Balaban J connectivity index is 1.79. The van der Waals surface area contributed by atoms with Gasteiger partial charge in [0.15, 0.2) is 0 Å². The molecule has 0 bridgehead atoms. The second-order valence-electron chi connectivity index (χ2n) is 7.91. The van der Waals surface area contributed by atoms with Crippen molar-refractivity contribution < 1.29 is 19.1 Å². The standard InChI is InChI=1S/C23H27N3O4/c1-14-12-26(15(2)13-27)23(28)18-8-17(10-25-22(18)30-21(14)11-24-3)20-9-16-6-4-5-7-19(16)29-20/h4-10,14-15,21,24,27H,11-13H2,1-3H3/t14-,15+,21-/m0/s1. The zero-order valence-electron chi connectivity index (χ0n) is 17.5. The summed E-state index contributed by atoms with van der Waals surface area (Å²) in [6.07, 6.45) is 1.52. The maximum Gasteiger partial charge on any atom is 0.259 e. The van der Waals surface area contributed by atoms with Gasteiger partial charge in [-0.05, 0) is 32.2 Å². The number of likely N-dealkylation sites (N-methyl/N-ethyl adjacent to an activating group) is 1. The number of pyridine rings is 1. The van der Waals surface area contributed by atoms with Gasteiger partial charge >= 0.3 is 0 Å². The fourth-order valence-electron chi connectivity index (χ4n) is 3.81. The van der Waals surface area contributed by atoms with Crippen molar-refractivity contribution in [1.29, 1.82) is 0 Å². The quantitative estimate of drug-likeness (QED) is 0.674. The van der Waals surface area contributed by atoms with Crippen molar-refractivity contribution in [3.05, 3.63) is 48.2 Å². The summed E-state index contributed by atoms with van der Waals surface area (Å²) in [5.74, 6) is 0.817. The molecule has 0 saturated carbocycles. The Bertz CT molecular complexity index is 1010. The maximum atomic E-state index is 13.4. The molecule has 7 nitrogen and oxygen atoms in total. The van der Waals surface area contributed by atoms with Crippen molar-refractivity contribution >= 4 is 16.9 Å². The second kappa shape index (κ2) is 8.45. The first-order valence-electron chi connectivity index (χ1n) is 10.2. The lowest BCUT2D eigenvalue weighted by Crippen LogP contribution is -2.49. The third kappa shape index (κ3) is 3.78. The summed E-state index contributed by atoms with van der Waals surface area (Å²) in [6, 6.07) is 11.2. The molecule has 4 rings (SSSR count). The molecule has 3 atom stereocenters. The van der Waals surface area contributed by atoms with Crippen LogP contribution in [0.15, 0.2) is 47.0 Å². The maximum absolute atomic E-state index is 13.4. The summed E-state index contributed by atoms with van der Waals surface area (Å²) in [5, 5.41) is 13.8. The molecule has 1 aliphatic rings. The smallest absolute Gasteiger partial charge is 0.259 e. The number of ether oxygens (including phenoxy) is 1. The highest BCUT2D eigenvalue weighted by molar-refractivity contribution is 5.98. The van der Waals surface area contributed by atoms with Crippen LogP contribution in [0.4, 0.5) is 0 Å². The van der Waals surface area contributed by atoms with E-state index in [1.54, 1.807) is 17.2 Å². The van der Waals surface area contributed by atoms with Crippen molar-refractivity contribution in [2.75, 3.05) is 26.7 Å².